The molecule has 1 aliphatic rings. The Kier molecular flexibility index (Phi) is 3.29. The predicted octanol–water partition coefficient (Wildman–Crippen LogP) is 1.95. The van der Waals surface area contributed by atoms with Gasteiger partial charge in [-0.2, -0.15) is 5.10 Å². The lowest BCUT2D eigenvalue weighted by Crippen LogP contribution is -2.28. The Morgan fingerprint density at radius 3 is 2.81 bits per heavy atom. The van der Waals surface area contributed by atoms with E-state index in [4.69, 9.17) is 9.47 Å². The zero-order chi connectivity index (χ0) is 15.0. The number of aryl methyl sites for hydroxylation is 2. The third kappa shape index (κ3) is 2.56. The van der Waals surface area contributed by atoms with Gasteiger partial charge in [0, 0.05) is 7.05 Å². The second kappa shape index (κ2) is 5.12. The van der Waals surface area contributed by atoms with Crippen molar-refractivity contribution in [1.82, 2.24) is 15.1 Å². The third-order valence-corrected chi connectivity index (χ3v) is 3.48. The highest BCUT2D eigenvalue weighted by atomic mass is 16.7. The van der Waals surface area contributed by atoms with E-state index in [9.17, 15) is 4.79 Å². The highest BCUT2D eigenvalue weighted by Gasteiger charge is 2.18. The van der Waals surface area contributed by atoms with Crippen molar-refractivity contribution in [2.75, 3.05) is 6.79 Å². The first-order valence-electron chi connectivity index (χ1n) is 6.75. The molecule has 2 heterocycles. The normalized spacial score (nSPS) is 14.0. The van der Waals surface area contributed by atoms with Gasteiger partial charge in [-0.3, -0.25) is 9.48 Å². The van der Waals surface area contributed by atoms with Crippen LogP contribution in [0, 0.1) is 6.92 Å². The Balaban J connectivity index is 1.75. The number of amides is 1. The highest BCUT2D eigenvalue weighted by Crippen LogP contribution is 2.34. The summed E-state index contributed by atoms with van der Waals surface area (Å²) in [6.45, 7) is 4.03. The van der Waals surface area contributed by atoms with Gasteiger partial charge in [-0.1, -0.05) is 6.07 Å². The highest BCUT2D eigenvalue weighted by molar-refractivity contribution is 5.92. The molecule has 6 nitrogen and oxygen atoms in total. The number of nitrogens with zero attached hydrogens (tertiary/aromatic N) is 2. The van der Waals surface area contributed by atoms with Gasteiger partial charge in [-0.25, -0.2) is 0 Å². The number of carbonyl (C=O) groups excluding carboxylic acids is 1. The van der Waals surface area contributed by atoms with Crippen molar-refractivity contribution < 1.29 is 14.3 Å². The van der Waals surface area contributed by atoms with Gasteiger partial charge in [0.05, 0.1) is 11.7 Å². The Morgan fingerprint density at radius 2 is 2.10 bits per heavy atom. The Hall–Kier alpha value is -2.50. The molecule has 3 rings (SSSR count). The number of nitrogens with one attached hydrogen (secondary N) is 1. The average Bonchev–Trinajstić information content (AvgIpc) is 3.03. The molecule has 0 radical (unpaired) electrons. The van der Waals surface area contributed by atoms with E-state index in [1.807, 2.05) is 32.0 Å². The molecule has 1 amide bonds. The first-order valence-corrected chi connectivity index (χ1v) is 6.75. The zero-order valence-electron chi connectivity index (χ0n) is 12.2. The summed E-state index contributed by atoms with van der Waals surface area (Å²) in [4.78, 5) is 12.3. The maximum atomic E-state index is 12.3. The number of hydrogen-bond donors (Lipinski definition) is 1. The third-order valence-electron chi connectivity index (χ3n) is 3.48. The van der Waals surface area contributed by atoms with Gasteiger partial charge in [0.15, 0.2) is 11.5 Å². The molecule has 1 atom stereocenters. The van der Waals surface area contributed by atoms with E-state index in [0.717, 1.165) is 17.0 Å². The number of fused-ring (bicyclic) bond motifs is 1. The number of rotatable bonds is 3. The fourth-order valence-electron chi connectivity index (χ4n) is 2.36. The van der Waals surface area contributed by atoms with Gasteiger partial charge < -0.3 is 14.8 Å². The second-order valence-electron chi connectivity index (χ2n) is 5.10. The summed E-state index contributed by atoms with van der Waals surface area (Å²) in [5.74, 6) is 1.30. The van der Waals surface area contributed by atoms with Crippen molar-refractivity contribution in [3.8, 4) is 11.5 Å². The van der Waals surface area contributed by atoms with Crippen LogP contribution in [0.5, 0.6) is 11.5 Å². The lowest BCUT2D eigenvalue weighted by molar-refractivity contribution is 0.0930. The molecule has 1 unspecified atom stereocenters. The van der Waals surface area contributed by atoms with Crippen molar-refractivity contribution in [2.24, 2.45) is 7.05 Å². The van der Waals surface area contributed by atoms with E-state index < -0.39 is 0 Å². The maximum Gasteiger partial charge on any atom is 0.270 e. The number of aromatic nitrogens is 2. The van der Waals surface area contributed by atoms with Crippen LogP contribution in [0.3, 0.4) is 0 Å². The molecule has 0 aliphatic carbocycles. The molecule has 2 aromatic rings. The second-order valence-corrected chi connectivity index (χ2v) is 5.10. The fraction of sp³-hybridized carbons (Fsp3) is 0.333. The zero-order valence-corrected chi connectivity index (χ0v) is 12.2. The number of hydrogen-bond acceptors (Lipinski definition) is 4. The maximum absolute atomic E-state index is 12.3. The SMILES string of the molecule is Cc1cc(C(=O)NC(C)c2ccc3c(c2)OCO3)n(C)n1. The molecule has 6 heteroatoms. The van der Waals surface area contributed by atoms with Gasteiger partial charge in [-0.15, -0.1) is 0 Å². The average molecular weight is 287 g/mol. The molecule has 1 aromatic heterocycles. The quantitative estimate of drug-likeness (QED) is 0.937. The van der Waals surface area contributed by atoms with Crippen LogP contribution >= 0.6 is 0 Å². The summed E-state index contributed by atoms with van der Waals surface area (Å²) in [6, 6.07) is 7.30. The van der Waals surface area contributed by atoms with Gasteiger partial charge in [0.25, 0.3) is 5.91 Å². The Labute approximate surface area is 122 Å². The molecule has 0 saturated heterocycles. The van der Waals surface area contributed by atoms with Gasteiger partial charge in [-0.05, 0) is 37.6 Å². The molecular weight excluding hydrogens is 270 g/mol. The number of benzene rings is 1. The van der Waals surface area contributed by atoms with Crippen molar-refractivity contribution in [2.45, 2.75) is 19.9 Å². The minimum Gasteiger partial charge on any atom is -0.454 e. The van der Waals surface area contributed by atoms with Crippen LogP contribution in [-0.4, -0.2) is 22.5 Å². The van der Waals surface area contributed by atoms with Crippen LogP contribution < -0.4 is 14.8 Å². The summed E-state index contributed by atoms with van der Waals surface area (Å²) < 4.78 is 12.2. The number of ether oxygens (including phenoxy) is 2. The molecular formula is C15H17N3O3. The largest absolute Gasteiger partial charge is 0.454 e. The predicted molar refractivity (Wildman–Crippen MR) is 76.4 cm³/mol. The van der Waals surface area contributed by atoms with Crippen molar-refractivity contribution in [3.63, 3.8) is 0 Å². The van der Waals surface area contributed by atoms with E-state index in [2.05, 4.69) is 10.4 Å². The first-order chi connectivity index (χ1) is 10.0. The lowest BCUT2D eigenvalue weighted by Gasteiger charge is -2.14. The van der Waals surface area contributed by atoms with Crippen LogP contribution in [0.15, 0.2) is 24.3 Å². The van der Waals surface area contributed by atoms with E-state index in [0.29, 0.717) is 11.4 Å². The van der Waals surface area contributed by atoms with E-state index >= 15 is 0 Å². The monoisotopic (exact) mass is 287 g/mol. The molecule has 0 spiro atoms. The van der Waals surface area contributed by atoms with E-state index in [-0.39, 0.29) is 18.7 Å². The molecule has 0 fully saturated rings. The van der Waals surface area contributed by atoms with E-state index in [1.165, 1.54) is 0 Å². The Bertz CT molecular complexity index is 693. The fourth-order valence-corrected chi connectivity index (χ4v) is 2.36. The van der Waals surface area contributed by atoms with Crippen LogP contribution in [0.4, 0.5) is 0 Å². The lowest BCUT2D eigenvalue weighted by atomic mass is 10.1. The smallest absolute Gasteiger partial charge is 0.270 e. The van der Waals surface area contributed by atoms with Crippen LogP contribution in [0.25, 0.3) is 0 Å². The summed E-state index contributed by atoms with van der Waals surface area (Å²) >= 11 is 0. The summed E-state index contributed by atoms with van der Waals surface area (Å²) in [5, 5.41) is 7.14. The van der Waals surface area contributed by atoms with Gasteiger partial charge in [0.1, 0.15) is 5.69 Å². The molecule has 21 heavy (non-hydrogen) atoms. The number of carbonyl (C=O) groups is 1. The van der Waals surface area contributed by atoms with Gasteiger partial charge >= 0.3 is 0 Å². The minimum atomic E-state index is -0.150. The Morgan fingerprint density at radius 1 is 1.33 bits per heavy atom. The molecule has 1 aliphatic heterocycles. The standard InChI is InChI=1S/C15H17N3O3/c1-9-6-12(18(3)17-9)15(19)16-10(2)11-4-5-13-14(7-11)21-8-20-13/h4-7,10H,8H2,1-3H3,(H,16,19). The minimum absolute atomic E-state index is 0.137. The van der Waals surface area contributed by atoms with Crippen molar-refractivity contribution >= 4 is 5.91 Å². The van der Waals surface area contributed by atoms with Crippen LogP contribution in [0.2, 0.25) is 0 Å². The summed E-state index contributed by atoms with van der Waals surface area (Å²) in [6.07, 6.45) is 0. The molecule has 1 aromatic carbocycles. The first kappa shape index (κ1) is 13.5. The summed E-state index contributed by atoms with van der Waals surface area (Å²) in [7, 11) is 1.76. The van der Waals surface area contributed by atoms with Gasteiger partial charge in [0.2, 0.25) is 6.79 Å². The van der Waals surface area contributed by atoms with Crippen LogP contribution in [-0.2, 0) is 7.05 Å². The van der Waals surface area contributed by atoms with Crippen molar-refractivity contribution in [1.29, 1.82) is 0 Å². The van der Waals surface area contributed by atoms with E-state index in [1.54, 1.807) is 17.8 Å². The van der Waals surface area contributed by atoms with Crippen molar-refractivity contribution in [3.05, 3.63) is 41.2 Å². The molecule has 0 bridgehead atoms. The summed E-state index contributed by atoms with van der Waals surface area (Å²) in [5.41, 5.74) is 2.32. The molecule has 1 N–H and O–H groups in total. The topological polar surface area (TPSA) is 65.4 Å². The molecule has 110 valence electrons. The van der Waals surface area contributed by atoms with Crippen LogP contribution in [0.1, 0.15) is 34.7 Å². The molecule has 0 saturated carbocycles.